The van der Waals surface area contributed by atoms with Gasteiger partial charge in [0.15, 0.2) is 6.61 Å². The largest absolute Gasteiger partial charge is 0.452 e. The summed E-state index contributed by atoms with van der Waals surface area (Å²) < 4.78 is 16.2. The molecule has 0 aliphatic carbocycles. The van der Waals surface area contributed by atoms with Crippen molar-refractivity contribution >= 4 is 17.3 Å². The lowest BCUT2D eigenvalue weighted by Gasteiger charge is -2.35. The van der Waals surface area contributed by atoms with Crippen LogP contribution in [0.4, 0.5) is 0 Å². The summed E-state index contributed by atoms with van der Waals surface area (Å²) in [7, 11) is 0. The third kappa shape index (κ3) is 5.09. The molecule has 7 nitrogen and oxygen atoms in total. The maximum atomic E-state index is 12.3. The lowest BCUT2D eigenvalue weighted by atomic mass is 10.1. The summed E-state index contributed by atoms with van der Waals surface area (Å²) in [6.45, 7) is 6.78. The van der Waals surface area contributed by atoms with Gasteiger partial charge in [-0.15, -0.1) is 11.3 Å². The predicted octanol–water partition coefficient (Wildman–Crippen LogP) is 3.76. The molecule has 1 aromatic carbocycles. The molecule has 0 spiro atoms. The number of thiophene rings is 1. The van der Waals surface area contributed by atoms with E-state index in [0.717, 1.165) is 30.1 Å². The SMILES string of the molecule is CC1CN(Cc2ccc(C(=O)OCc3nc(-c4cccs4)no3)cc2)CC(C)O1. The highest BCUT2D eigenvalue weighted by Gasteiger charge is 2.22. The molecule has 0 radical (unpaired) electrons. The van der Waals surface area contributed by atoms with Gasteiger partial charge in [0.2, 0.25) is 5.82 Å². The van der Waals surface area contributed by atoms with Gasteiger partial charge in [-0.1, -0.05) is 23.4 Å². The number of aromatic nitrogens is 2. The number of ether oxygens (including phenoxy) is 2. The maximum Gasteiger partial charge on any atom is 0.338 e. The Kier molecular flexibility index (Phi) is 6.03. The van der Waals surface area contributed by atoms with E-state index >= 15 is 0 Å². The summed E-state index contributed by atoms with van der Waals surface area (Å²) in [5.74, 6) is 0.358. The third-order valence-corrected chi connectivity index (χ3v) is 5.49. The first kappa shape index (κ1) is 19.8. The van der Waals surface area contributed by atoms with Crippen molar-refractivity contribution in [2.75, 3.05) is 13.1 Å². The molecule has 2 unspecified atom stereocenters. The number of nitrogens with zero attached hydrogens (tertiary/aromatic N) is 3. The van der Waals surface area contributed by atoms with E-state index in [0.29, 0.717) is 11.4 Å². The van der Waals surface area contributed by atoms with Crippen LogP contribution in [0.25, 0.3) is 10.7 Å². The molecule has 29 heavy (non-hydrogen) atoms. The average Bonchev–Trinajstić information content (AvgIpc) is 3.37. The fraction of sp³-hybridized carbons (Fsp3) is 0.381. The number of carbonyl (C=O) groups excluding carboxylic acids is 1. The van der Waals surface area contributed by atoms with Gasteiger partial charge in [-0.25, -0.2) is 4.79 Å². The van der Waals surface area contributed by atoms with E-state index in [9.17, 15) is 4.79 Å². The van der Waals surface area contributed by atoms with Crippen molar-refractivity contribution in [3.05, 3.63) is 58.8 Å². The molecule has 2 atom stereocenters. The molecule has 152 valence electrons. The summed E-state index contributed by atoms with van der Waals surface area (Å²) >= 11 is 1.52. The van der Waals surface area contributed by atoms with Gasteiger partial charge in [-0.2, -0.15) is 4.98 Å². The molecule has 3 aromatic rings. The molecule has 1 aliphatic rings. The first-order chi connectivity index (χ1) is 14.1. The summed E-state index contributed by atoms with van der Waals surface area (Å²) in [5, 5.41) is 5.85. The van der Waals surface area contributed by atoms with Crippen molar-refractivity contribution in [2.45, 2.75) is 39.2 Å². The standard InChI is InChI=1S/C21H23N3O4S/c1-14-10-24(11-15(2)27-14)12-16-5-7-17(8-6-16)21(25)26-13-19-22-20(23-28-19)18-4-3-9-29-18/h3-9,14-15H,10-13H2,1-2H3. The molecule has 1 aliphatic heterocycles. The summed E-state index contributed by atoms with van der Waals surface area (Å²) in [5.41, 5.74) is 1.65. The van der Waals surface area contributed by atoms with E-state index in [1.165, 1.54) is 11.3 Å². The number of rotatable bonds is 6. The second-order valence-electron chi connectivity index (χ2n) is 7.21. The Morgan fingerprint density at radius 1 is 1.21 bits per heavy atom. The molecule has 0 amide bonds. The van der Waals surface area contributed by atoms with E-state index in [1.807, 2.05) is 29.6 Å². The van der Waals surface area contributed by atoms with Crippen LogP contribution in [0.15, 0.2) is 46.3 Å². The summed E-state index contributed by atoms with van der Waals surface area (Å²) in [6, 6.07) is 11.3. The van der Waals surface area contributed by atoms with Gasteiger partial charge >= 0.3 is 5.97 Å². The second-order valence-corrected chi connectivity index (χ2v) is 8.16. The zero-order valence-corrected chi connectivity index (χ0v) is 17.2. The van der Waals surface area contributed by atoms with Crippen molar-refractivity contribution < 1.29 is 18.8 Å². The number of carbonyl (C=O) groups is 1. The second kappa shape index (κ2) is 8.86. The molecule has 3 heterocycles. The number of esters is 1. The Morgan fingerprint density at radius 2 is 1.97 bits per heavy atom. The zero-order chi connectivity index (χ0) is 20.2. The first-order valence-electron chi connectivity index (χ1n) is 9.57. The van der Waals surface area contributed by atoms with E-state index in [-0.39, 0.29) is 24.7 Å². The minimum atomic E-state index is -0.416. The minimum Gasteiger partial charge on any atom is -0.452 e. The number of benzene rings is 1. The van der Waals surface area contributed by atoms with Gasteiger partial charge in [-0.05, 0) is 43.0 Å². The predicted molar refractivity (Wildman–Crippen MR) is 108 cm³/mol. The van der Waals surface area contributed by atoms with Crippen molar-refractivity contribution in [3.63, 3.8) is 0 Å². The van der Waals surface area contributed by atoms with Gasteiger partial charge in [-0.3, -0.25) is 4.90 Å². The molecule has 8 heteroatoms. The smallest absolute Gasteiger partial charge is 0.338 e. The van der Waals surface area contributed by atoms with E-state index in [1.54, 1.807) is 12.1 Å². The topological polar surface area (TPSA) is 77.7 Å². The van der Waals surface area contributed by atoms with Crippen LogP contribution >= 0.6 is 11.3 Å². The molecule has 0 N–H and O–H groups in total. The highest BCUT2D eigenvalue weighted by molar-refractivity contribution is 7.13. The Bertz CT molecular complexity index is 929. The van der Waals surface area contributed by atoms with Gasteiger partial charge < -0.3 is 14.0 Å². The molecule has 2 aromatic heterocycles. The molecule has 0 saturated carbocycles. The normalized spacial score (nSPS) is 19.9. The Hall–Kier alpha value is -2.55. The van der Waals surface area contributed by atoms with Crippen LogP contribution in [-0.2, 0) is 22.6 Å². The van der Waals surface area contributed by atoms with E-state index < -0.39 is 5.97 Å². The number of morpholine rings is 1. The molecule has 1 saturated heterocycles. The Labute approximate surface area is 173 Å². The van der Waals surface area contributed by atoms with Crippen molar-refractivity contribution in [1.82, 2.24) is 15.0 Å². The van der Waals surface area contributed by atoms with Crippen LogP contribution in [-0.4, -0.2) is 46.3 Å². The maximum absolute atomic E-state index is 12.3. The monoisotopic (exact) mass is 413 g/mol. The summed E-state index contributed by atoms with van der Waals surface area (Å²) in [6.07, 6.45) is 0.469. The number of hydrogen-bond donors (Lipinski definition) is 0. The van der Waals surface area contributed by atoms with Crippen molar-refractivity contribution in [2.24, 2.45) is 0 Å². The van der Waals surface area contributed by atoms with Crippen LogP contribution in [0.3, 0.4) is 0 Å². The Morgan fingerprint density at radius 3 is 2.66 bits per heavy atom. The number of hydrogen-bond acceptors (Lipinski definition) is 8. The van der Waals surface area contributed by atoms with Crippen LogP contribution in [0.1, 0.15) is 35.7 Å². The van der Waals surface area contributed by atoms with Crippen LogP contribution in [0, 0.1) is 0 Å². The van der Waals surface area contributed by atoms with E-state index in [2.05, 4.69) is 28.9 Å². The van der Waals surface area contributed by atoms with Crippen LogP contribution in [0.5, 0.6) is 0 Å². The highest BCUT2D eigenvalue weighted by Crippen LogP contribution is 2.21. The zero-order valence-electron chi connectivity index (χ0n) is 16.4. The molecule has 1 fully saturated rings. The van der Waals surface area contributed by atoms with Crippen LogP contribution in [0.2, 0.25) is 0 Å². The molecule has 4 rings (SSSR count). The first-order valence-corrected chi connectivity index (χ1v) is 10.4. The Balaban J connectivity index is 1.30. The average molecular weight is 413 g/mol. The quantitative estimate of drug-likeness (QED) is 0.569. The van der Waals surface area contributed by atoms with Gasteiger partial charge in [0.1, 0.15) is 0 Å². The van der Waals surface area contributed by atoms with Gasteiger partial charge in [0.05, 0.1) is 22.6 Å². The molecular formula is C21H23N3O4S. The molecule has 0 bridgehead atoms. The summed E-state index contributed by atoms with van der Waals surface area (Å²) in [4.78, 5) is 19.8. The lowest BCUT2D eigenvalue weighted by molar-refractivity contribution is -0.0704. The van der Waals surface area contributed by atoms with Crippen molar-refractivity contribution in [1.29, 1.82) is 0 Å². The fourth-order valence-corrected chi connectivity index (χ4v) is 4.10. The highest BCUT2D eigenvalue weighted by atomic mass is 32.1. The van der Waals surface area contributed by atoms with E-state index in [4.69, 9.17) is 14.0 Å². The minimum absolute atomic E-state index is 0.0531. The van der Waals surface area contributed by atoms with Gasteiger partial charge in [0.25, 0.3) is 5.89 Å². The van der Waals surface area contributed by atoms with Crippen LogP contribution < -0.4 is 0 Å². The van der Waals surface area contributed by atoms with Gasteiger partial charge in [0, 0.05) is 19.6 Å². The third-order valence-electron chi connectivity index (χ3n) is 4.63. The lowest BCUT2D eigenvalue weighted by Crippen LogP contribution is -2.44. The van der Waals surface area contributed by atoms with Crippen molar-refractivity contribution in [3.8, 4) is 10.7 Å². The fourth-order valence-electron chi connectivity index (χ4n) is 3.45. The molecular weight excluding hydrogens is 390 g/mol.